The summed E-state index contributed by atoms with van der Waals surface area (Å²) in [7, 11) is 1.71. The Morgan fingerprint density at radius 1 is 1.24 bits per heavy atom. The number of nitrogens with zero attached hydrogens (tertiary/aromatic N) is 1. The highest BCUT2D eigenvalue weighted by Gasteiger charge is 2.07. The van der Waals surface area contributed by atoms with E-state index in [1.165, 1.54) is 48.8 Å². The molecule has 3 heteroatoms. The maximum absolute atomic E-state index is 5.27. The van der Waals surface area contributed by atoms with Crippen molar-refractivity contribution in [3.63, 3.8) is 0 Å². The highest BCUT2D eigenvalue weighted by atomic mass is 16.5. The largest absolute Gasteiger partial charge is 0.497 e. The number of hydrogen-bond donors (Lipinski definition) is 1. The SMILES string of the molecule is COc1ccc2c(CCCCN3CC=CCC3)c[nH]c2c1. The first kappa shape index (κ1) is 14.2. The fraction of sp³-hybridized carbons (Fsp3) is 0.444. The zero-order chi connectivity index (χ0) is 14.5. The van der Waals surface area contributed by atoms with Gasteiger partial charge in [0.1, 0.15) is 5.75 Å². The van der Waals surface area contributed by atoms with Crippen LogP contribution in [0.2, 0.25) is 0 Å². The molecule has 0 unspecified atom stereocenters. The van der Waals surface area contributed by atoms with Crippen LogP contribution in [0.1, 0.15) is 24.8 Å². The van der Waals surface area contributed by atoms with E-state index in [-0.39, 0.29) is 0 Å². The van der Waals surface area contributed by atoms with Gasteiger partial charge in [-0.2, -0.15) is 0 Å². The van der Waals surface area contributed by atoms with E-state index in [1.807, 2.05) is 6.07 Å². The van der Waals surface area contributed by atoms with Crippen molar-refractivity contribution in [3.8, 4) is 5.75 Å². The summed E-state index contributed by atoms with van der Waals surface area (Å²) in [5, 5.41) is 1.33. The first-order valence-corrected chi connectivity index (χ1v) is 7.88. The Kier molecular flexibility index (Phi) is 4.61. The molecular weight excluding hydrogens is 260 g/mol. The molecule has 0 saturated heterocycles. The van der Waals surface area contributed by atoms with E-state index in [0.29, 0.717) is 0 Å². The third-order valence-corrected chi connectivity index (χ3v) is 4.29. The van der Waals surface area contributed by atoms with Gasteiger partial charge in [0.15, 0.2) is 0 Å². The van der Waals surface area contributed by atoms with Crippen LogP contribution in [0.15, 0.2) is 36.5 Å². The van der Waals surface area contributed by atoms with Gasteiger partial charge in [-0.05, 0) is 49.9 Å². The second-order valence-corrected chi connectivity index (χ2v) is 5.74. The molecule has 2 heterocycles. The van der Waals surface area contributed by atoms with E-state index in [2.05, 4.69) is 40.4 Å². The Labute approximate surface area is 126 Å². The third-order valence-electron chi connectivity index (χ3n) is 4.29. The zero-order valence-electron chi connectivity index (χ0n) is 12.8. The highest BCUT2D eigenvalue weighted by Crippen LogP contribution is 2.24. The number of aromatic amines is 1. The number of fused-ring (bicyclic) bond motifs is 1. The van der Waals surface area contributed by atoms with Crippen molar-refractivity contribution >= 4 is 10.9 Å². The molecule has 0 fully saturated rings. The van der Waals surface area contributed by atoms with Crippen LogP contribution in [0.4, 0.5) is 0 Å². The van der Waals surface area contributed by atoms with E-state index in [1.54, 1.807) is 7.11 Å². The first-order valence-electron chi connectivity index (χ1n) is 7.88. The minimum atomic E-state index is 0.911. The normalized spacial score (nSPS) is 15.7. The monoisotopic (exact) mass is 284 g/mol. The van der Waals surface area contributed by atoms with Crippen LogP contribution in [0.25, 0.3) is 10.9 Å². The van der Waals surface area contributed by atoms with Crippen LogP contribution >= 0.6 is 0 Å². The summed E-state index contributed by atoms with van der Waals surface area (Å²) in [5.41, 5.74) is 2.59. The molecule has 1 aromatic carbocycles. The molecular formula is C18H24N2O. The number of unbranched alkanes of at least 4 members (excludes halogenated alkanes) is 1. The Hall–Kier alpha value is -1.74. The number of hydrogen-bond acceptors (Lipinski definition) is 2. The molecule has 0 bridgehead atoms. The predicted molar refractivity (Wildman–Crippen MR) is 88.0 cm³/mol. The lowest BCUT2D eigenvalue weighted by atomic mass is 10.1. The Balaban J connectivity index is 1.52. The van der Waals surface area contributed by atoms with Gasteiger partial charge in [-0.1, -0.05) is 12.2 Å². The van der Waals surface area contributed by atoms with Gasteiger partial charge >= 0.3 is 0 Å². The number of H-pyrrole nitrogens is 1. The first-order chi connectivity index (χ1) is 10.4. The van der Waals surface area contributed by atoms with Crippen LogP contribution < -0.4 is 4.74 Å². The van der Waals surface area contributed by atoms with E-state index < -0.39 is 0 Å². The lowest BCUT2D eigenvalue weighted by Crippen LogP contribution is -2.28. The summed E-state index contributed by atoms with van der Waals surface area (Å²) in [4.78, 5) is 5.90. The molecule has 3 nitrogen and oxygen atoms in total. The molecule has 0 radical (unpaired) electrons. The standard InChI is InChI=1S/C18H24N2O/c1-21-16-8-9-17-15(14-19-18(17)13-16)7-3-6-12-20-10-4-2-5-11-20/h2,4,8-9,13-14,19H,3,5-7,10-12H2,1H3. The second kappa shape index (κ2) is 6.81. The van der Waals surface area contributed by atoms with Gasteiger partial charge < -0.3 is 9.72 Å². The van der Waals surface area contributed by atoms with Gasteiger partial charge in [0.2, 0.25) is 0 Å². The third kappa shape index (κ3) is 3.48. The fourth-order valence-corrected chi connectivity index (χ4v) is 3.04. The molecule has 0 atom stereocenters. The van der Waals surface area contributed by atoms with Gasteiger partial charge in [-0.25, -0.2) is 0 Å². The lowest BCUT2D eigenvalue weighted by molar-refractivity contribution is 0.292. The molecule has 1 aliphatic heterocycles. The number of rotatable bonds is 6. The van der Waals surface area contributed by atoms with Crippen LogP contribution in [0.3, 0.4) is 0 Å². The van der Waals surface area contributed by atoms with Gasteiger partial charge in [0.05, 0.1) is 7.11 Å². The molecule has 0 spiro atoms. The molecule has 2 aromatic rings. The van der Waals surface area contributed by atoms with E-state index in [0.717, 1.165) is 18.7 Å². The highest BCUT2D eigenvalue weighted by molar-refractivity contribution is 5.84. The fourth-order valence-electron chi connectivity index (χ4n) is 3.04. The summed E-state index contributed by atoms with van der Waals surface area (Å²) < 4.78 is 5.27. The number of nitrogens with one attached hydrogen (secondary N) is 1. The molecule has 0 saturated carbocycles. The Bertz CT molecular complexity index is 615. The van der Waals surface area contributed by atoms with Gasteiger partial charge in [-0.15, -0.1) is 0 Å². The molecule has 21 heavy (non-hydrogen) atoms. The summed E-state index contributed by atoms with van der Waals surface area (Å²) in [5.74, 6) is 0.911. The van der Waals surface area contributed by atoms with E-state index in [9.17, 15) is 0 Å². The van der Waals surface area contributed by atoms with Crippen LogP contribution in [0, 0.1) is 0 Å². The average molecular weight is 284 g/mol. The van der Waals surface area contributed by atoms with Crippen molar-refractivity contribution in [3.05, 3.63) is 42.1 Å². The second-order valence-electron chi connectivity index (χ2n) is 5.74. The molecule has 1 aliphatic rings. The number of aryl methyl sites for hydroxylation is 1. The van der Waals surface area contributed by atoms with Gasteiger partial charge in [0, 0.05) is 36.3 Å². The minimum Gasteiger partial charge on any atom is -0.497 e. The van der Waals surface area contributed by atoms with Crippen LogP contribution in [-0.2, 0) is 6.42 Å². The number of aromatic nitrogens is 1. The number of ether oxygens (including phenoxy) is 1. The average Bonchev–Trinajstić information content (AvgIpc) is 2.95. The van der Waals surface area contributed by atoms with Crippen molar-refractivity contribution in [1.82, 2.24) is 9.88 Å². The quantitative estimate of drug-likeness (QED) is 0.646. The molecule has 3 rings (SSSR count). The van der Waals surface area contributed by atoms with Gasteiger partial charge in [-0.3, -0.25) is 4.90 Å². The van der Waals surface area contributed by atoms with E-state index in [4.69, 9.17) is 4.74 Å². The molecule has 1 N–H and O–H groups in total. The predicted octanol–water partition coefficient (Wildman–Crippen LogP) is 3.76. The van der Waals surface area contributed by atoms with Crippen molar-refractivity contribution < 1.29 is 4.74 Å². The molecule has 0 aliphatic carbocycles. The van der Waals surface area contributed by atoms with Crippen molar-refractivity contribution in [2.75, 3.05) is 26.7 Å². The maximum atomic E-state index is 5.27. The molecule has 0 amide bonds. The Morgan fingerprint density at radius 2 is 2.19 bits per heavy atom. The summed E-state index contributed by atoms with van der Waals surface area (Å²) in [6, 6.07) is 6.27. The zero-order valence-corrected chi connectivity index (χ0v) is 12.8. The topological polar surface area (TPSA) is 28.3 Å². The summed E-state index contributed by atoms with van der Waals surface area (Å²) in [6.07, 6.45) is 11.6. The summed E-state index contributed by atoms with van der Waals surface area (Å²) >= 11 is 0. The summed E-state index contributed by atoms with van der Waals surface area (Å²) in [6.45, 7) is 3.58. The van der Waals surface area contributed by atoms with Gasteiger partial charge in [0.25, 0.3) is 0 Å². The number of benzene rings is 1. The van der Waals surface area contributed by atoms with Crippen molar-refractivity contribution in [2.45, 2.75) is 25.7 Å². The van der Waals surface area contributed by atoms with Crippen LogP contribution in [-0.4, -0.2) is 36.6 Å². The number of methoxy groups -OCH3 is 1. The van der Waals surface area contributed by atoms with Crippen molar-refractivity contribution in [2.24, 2.45) is 0 Å². The van der Waals surface area contributed by atoms with E-state index >= 15 is 0 Å². The van der Waals surface area contributed by atoms with Crippen LogP contribution in [0.5, 0.6) is 5.75 Å². The Morgan fingerprint density at radius 3 is 3.00 bits per heavy atom. The maximum Gasteiger partial charge on any atom is 0.120 e. The minimum absolute atomic E-state index is 0.911. The molecule has 1 aromatic heterocycles. The van der Waals surface area contributed by atoms with Crippen molar-refractivity contribution in [1.29, 1.82) is 0 Å². The molecule has 112 valence electrons. The smallest absolute Gasteiger partial charge is 0.120 e. The lowest BCUT2D eigenvalue weighted by Gasteiger charge is -2.22.